The van der Waals surface area contributed by atoms with Gasteiger partial charge in [-0.05, 0) is 48.2 Å². The number of anilines is 1. The van der Waals surface area contributed by atoms with Crippen LogP contribution in [0.15, 0.2) is 69.9 Å². The molecule has 0 aliphatic carbocycles. The van der Waals surface area contributed by atoms with Gasteiger partial charge in [0.15, 0.2) is 10.9 Å². The van der Waals surface area contributed by atoms with Crippen LogP contribution >= 0.6 is 23.1 Å². The van der Waals surface area contributed by atoms with E-state index in [4.69, 9.17) is 8.83 Å². The number of nitrogens with zero attached hydrogens (tertiary/aromatic N) is 1. The lowest BCUT2D eigenvalue weighted by molar-refractivity contribution is 0.102. The summed E-state index contributed by atoms with van der Waals surface area (Å²) in [4.78, 5) is 17.9. The van der Waals surface area contributed by atoms with Crippen LogP contribution in [0.25, 0.3) is 22.1 Å². The van der Waals surface area contributed by atoms with Crippen LogP contribution in [-0.4, -0.2) is 17.1 Å². The Bertz CT molecular complexity index is 968. The van der Waals surface area contributed by atoms with E-state index in [2.05, 4.69) is 16.6 Å². The fourth-order valence-corrected chi connectivity index (χ4v) is 4.08. The SMILES string of the molecule is CSCc1ccc(C(=O)Nc2nc(-c3ccco3)c(-c3ccco3)s2)cc1. The van der Waals surface area contributed by atoms with Crippen molar-refractivity contribution in [2.24, 2.45) is 0 Å². The summed E-state index contributed by atoms with van der Waals surface area (Å²) in [6.07, 6.45) is 5.25. The van der Waals surface area contributed by atoms with Crippen LogP contribution in [0.2, 0.25) is 0 Å². The van der Waals surface area contributed by atoms with Gasteiger partial charge >= 0.3 is 0 Å². The molecule has 0 saturated heterocycles. The average molecular weight is 396 g/mol. The summed E-state index contributed by atoms with van der Waals surface area (Å²) in [6, 6.07) is 14.9. The maximum Gasteiger partial charge on any atom is 0.257 e. The van der Waals surface area contributed by atoms with Crippen molar-refractivity contribution in [3.05, 3.63) is 72.2 Å². The molecule has 0 aliphatic rings. The van der Waals surface area contributed by atoms with Crippen molar-refractivity contribution in [1.29, 1.82) is 0 Å². The van der Waals surface area contributed by atoms with Gasteiger partial charge in [0.25, 0.3) is 5.91 Å². The van der Waals surface area contributed by atoms with Crippen LogP contribution in [0.3, 0.4) is 0 Å². The minimum Gasteiger partial charge on any atom is -0.463 e. The first kappa shape index (κ1) is 17.6. The van der Waals surface area contributed by atoms with Crippen molar-refractivity contribution < 1.29 is 13.6 Å². The Labute approximate surface area is 164 Å². The molecule has 7 heteroatoms. The molecule has 0 fully saturated rings. The molecule has 1 N–H and O–H groups in total. The molecule has 0 radical (unpaired) electrons. The molecule has 136 valence electrons. The summed E-state index contributed by atoms with van der Waals surface area (Å²) in [5.74, 6) is 2.03. The van der Waals surface area contributed by atoms with Gasteiger partial charge < -0.3 is 8.83 Å². The number of nitrogens with one attached hydrogen (secondary N) is 1. The van der Waals surface area contributed by atoms with Crippen LogP contribution in [0, 0.1) is 0 Å². The maximum absolute atomic E-state index is 12.6. The van der Waals surface area contributed by atoms with E-state index < -0.39 is 0 Å². The van der Waals surface area contributed by atoms with Crippen molar-refractivity contribution in [3.8, 4) is 22.1 Å². The summed E-state index contributed by atoms with van der Waals surface area (Å²) < 4.78 is 11.0. The lowest BCUT2D eigenvalue weighted by Crippen LogP contribution is -2.11. The molecule has 1 amide bonds. The van der Waals surface area contributed by atoms with Crippen molar-refractivity contribution in [2.75, 3.05) is 11.6 Å². The van der Waals surface area contributed by atoms with E-state index in [-0.39, 0.29) is 5.91 Å². The Morgan fingerprint density at radius 2 is 1.78 bits per heavy atom. The highest BCUT2D eigenvalue weighted by molar-refractivity contribution is 7.97. The van der Waals surface area contributed by atoms with Gasteiger partial charge in [-0.3, -0.25) is 10.1 Å². The second kappa shape index (κ2) is 7.85. The second-order valence-electron chi connectivity index (χ2n) is 5.74. The number of hydrogen-bond acceptors (Lipinski definition) is 6. The molecule has 0 bridgehead atoms. The number of aromatic nitrogens is 1. The largest absolute Gasteiger partial charge is 0.463 e. The lowest BCUT2D eigenvalue weighted by Gasteiger charge is -2.03. The monoisotopic (exact) mass is 396 g/mol. The van der Waals surface area contributed by atoms with Gasteiger partial charge in [0, 0.05) is 11.3 Å². The van der Waals surface area contributed by atoms with E-state index in [1.807, 2.05) is 42.5 Å². The van der Waals surface area contributed by atoms with E-state index in [0.29, 0.717) is 27.9 Å². The van der Waals surface area contributed by atoms with Gasteiger partial charge in [-0.2, -0.15) is 11.8 Å². The second-order valence-corrected chi connectivity index (χ2v) is 7.60. The van der Waals surface area contributed by atoms with Gasteiger partial charge in [-0.15, -0.1) is 0 Å². The predicted octanol–water partition coefficient (Wildman–Crippen LogP) is 5.78. The van der Waals surface area contributed by atoms with Gasteiger partial charge in [0.05, 0.1) is 12.5 Å². The molecule has 0 atom stereocenters. The standard InChI is InChI=1S/C20H16N2O3S2/c1-26-12-13-6-8-14(9-7-13)19(23)22-20-21-17(15-4-2-10-24-15)18(27-20)16-5-3-11-25-16/h2-11H,12H2,1H3,(H,21,22,23). The molecular weight excluding hydrogens is 380 g/mol. The van der Waals surface area contributed by atoms with Gasteiger partial charge in [-0.1, -0.05) is 23.5 Å². The number of benzene rings is 1. The lowest BCUT2D eigenvalue weighted by atomic mass is 10.1. The van der Waals surface area contributed by atoms with E-state index >= 15 is 0 Å². The highest BCUT2D eigenvalue weighted by Gasteiger charge is 2.20. The summed E-state index contributed by atoms with van der Waals surface area (Å²) in [6.45, 7) is 0. The number of amides is 1. The smallest absolute Gasteiger partial charge is 0.257 e. The molecule has 4 aromatic rings. The molecule has 27 heavy (non-hydrogen) atoms. The van der Waals surface area contributed by atoms with Crippen molar-refractivity contribution in [3.63, 3.8) is 0 Å². The topological polar surface area (TPSA) is 68.3 Å². The number of carbonyl (C=O) groups is 1. The van der Waals surface area contributed by atoms with E-state index in [1.165, 1.54) is 16.9 Å². The number of thiazole rings is 1. The number of rotatable bonds is 6. The Balaban J connectivity index is 1.60. The predicted molar refractivity (Wildman–Crippen MR) is 109 cm³/mol. The molecule has 3 heterocycles. The zero-order valence-electron chi connectivity index (χ0n) is 14.5. The highest BCUT2D eigenvalue weighted by atomic mass is 32.2. The number of carbonyl (C=O) groups excluding carboxylic acids is 1. The first-order chi connectivity index (χ1) is 13.2. The van der Waals surface area contributed by atoms with Crippen molar-refractivity contribution in [2.45, 2.75) is 5.75 Å². The third-order valence-electron chi connectivity index (χ3n) is 3.87. The van der Waals surface area contributed by atoms with Crippen molar-refractivity contribution >= 4 is 34.1 Å². The zero-order valence-corrected chi connectivity index (χ0v) is 16.1. The normalized spacial score (nSPS) is 10.9. The molecule has 0 unspecified atom stereocenters. The minimum absolute atomic E-state index is 0.198. The van der Waals surface area contributed by atoms with E-state index in [9.17, 15) is 4.79 Å². The first-order valence-electron chi connectivity index (χ1n) is 8.22. The quantitative estimate of drug-likeness (QED) is 0.447. The van der Waals surface area contributed by atoms with Gasteiger partial charge in [0.2, 0.25) is 0 Å². The number of hydrogen-bond donors (Lipinski definition) is 1. The minimum atomic E-state index is -0.198. The Morgan fingerprint density at radius 3 is 2.41 bits per heavy atom. The van der Waals surface area contributed by atoms with Crippen LogP contribution < -0.4 is 5.32 Å². The average Bonchev–Trinajstić information content (AvgIpc) is 3.43. The number of furan rings is 2. The fourth-order valence-electron chi connectivity index (χ4n) is 2.62. The molecule has 5 nitrogen and oxygen atoms in total. The van der Waals surface area contributed by atoms with Crippen molar-refractivity contribution in [1.82, 2.24) is 4.98 Å². The fraction of sp³-hybridized carbons (Fsp3) is 0.100. The van der Waals surface area contributed by atoms with Crippen LogP contribution in [0.4, 0.5) is 5.13 Å². The first-order valence-corrected chi connectivity index (χ1v) is 10.4. The van der Waals surface area contributed by atoms with E-state index in [0.717, 1.165) is 10.6 Å². The third kappa shape index (κ3) is 3.84. The Kier molecular flexibility index (Phi) is 5.13. The Morgan fingerprint density at radius 1 is 1.07 bits per heavy atom. The molecule has 1 aromatic carbocycles. The highest BCUT2D eigenvalue weighted by Crippen LogP contribution is 2.39. The van der Waals surface area contributed by atoms with Gasteiger partial charge in [-0.25, -0.2) is 4.98 Å². The molecular formula is C20H16N2O3S2. The molecule has 4 rings (SSSR count). The summed E-state index contributed by atoms with van der Waals surface area (Å²) >= 11 is 3.10. The zero-order chi connectivity index (χ0) is 18.6. The number of thioether (sulfide) groups is 1. The summed E-state index contributed by atoms with van der Waals surface area (Å²) in [5, 5.41) is 3.37. The van der Waals surface area contributed by atoms with Crippen LogP contribution in [-0.2, 0) is 5.75 Å². The molecule has 0 saturated carbocycles. The summed E-state index contributed by atoms with van der Waals surface area (Å²) in [5.41, 5.74) is 2.42. The van der Waals surface area contributed by atoms with Crippen LogP contribution in [0.1, 0.15) is 15.9 Å². The molecule has 0 aliphatic heterocycles. The van der Waals surface area contributed by atoms with Crippen LogP contribution in [0.5, 0.6) is 0 Å². The van der Waals surface area contributed by atoms with E-state index in [1.54, 1.807) is 30.4 Å². The maximum atomic E-state index is 12.6. The molecule has 0 spiro atoms. The summed E-state index contributed by atoms with van der Waals surface area (Å²) in [7, 11) is 0. The Hall–Kier alpha value is -2.77. The molecule has 3 aromatic heterocycles. The van der Waals surface area contributed by atoms with Gasteiger partial charge in [0.1, 0.15) is 16.3 Å². The third-order valence-corrected chi connectivity index (χ3v) is 5.48.